The molecule has 0 bridgehead atoms. The maximum atomic E-state index is 5.88. The third-order valence-corrected chi connectivity index (χ3v) is 4.63. The Morgan fingerprint density at radius 2 is 1.23 bits per heavy atom. The van der Waals surface area contributed by atoms with E-state index in [4.69, 9.17) is 10.5 Å². The van der Waals surface area contributed by atoms with Gasteiger partial charge < -0.3 is 10.5 Å². The zero-order chi connectivity index (χ0) is 15.9. The number of nitrogens with two attached hydrogens (primary N) is 1. The molecule has 0 aromatic heterocycles. The van der Waals surface area contributed by atoms with Crippen LogP contribution in [0, 0.1) is 0 Å². The number of allylic oxidation sites excluding steroid dienone is 2. The third-order valence-electron chi connectivity index (χ3n) is 4.63. The smallest absolute Gasteiger partial charge is 0.140 e. The van der Waals surface area contributed by atoms with Crippen LogP contribution in [0.4, 0.5) is 0 Å². The molecule has 1 aliphatic rings. The molecule has 130 valence electrons. The van der Waals surface area contributed by atoms with Crippen LogP contribution in [-0.4, -0.2) is 12.3 Å². The average Bonchev–Trinajstić information content (AvgIpc) is 3.25. The number of ether oxygens (including phenoxy) is 1. The Hall–Kier alpha value is -0.340. The Morgan fingerprint density at radius 3 is 1.73 bits per heavy atom. The van der Waals surface area contributed by atoms with Crippen molar-refractivity contribution in [3.63, 3.8) is 0 Å². The Bertz CT molecular complexity index is 271. The standard InChI is InChI=1S/C20H39NO/c1-2-3-4-5-6-7-8-9-10-11-12-13-14-15-16-17-18-20(21)19-22-20/h9-10H,2-8,11-19,21H2,1H3/b10-9-. The minimum Gasteiger partial charge on any atom is -0.354 e. The van der Waals surface area contributed by atoms with E-state index in [2.05, 4.69) is 19.1 Å². The molecule has 2 N–H and O–H groups in total. The first-order chi connectivity index (χ1) is 10.8. The van der Waals surface area contributed by atoms with E-state index in [-0.39, 0.29) is 5.72 Å². The van der Waals surface area contributed by atoms with E-state index in [1.165, 1.54) is 89.9 Å². The monoisotopic (exact) mass is 309 g/mol. The van der Waals surface area contributed by atoms with Crippen molar-refractivity contribution in [1.82, 2.24) is 0 Å². The van der Waals surface area contributed by atoms with Crippen LogP contribution in [-0.2, 0) is 4.74 Å². The van der Waals surface area contributed by atoms with Gasteiger partial charge in [0.1, 0.15) is 5.72 Å². The van der Waals surface area contributed by atoms with Crippen LogP contribution in [0.1, 0.15) is 103 Å². The van der Waals surface area contributed by atoms with Crippen LogP contribution in [0.2, 0.25) is 0 Å². The summed E-state index contributed by atoms with van der Waals surface area (Å²) in [6, 6.07) is 0. The van der Waals surface area contributed by atoms with Gasteiger partial charge in [0.25, 0.3) is 0 Å². The summed E-state index contributed by atoms with van der Waals surface area (Å²) in [6.45, 7) is 3.05. The quantitative estimate of drug-likeness (QED) is 0.212. The fraction of sp³-hybridized carbons (Fsp3) is 0.900. The Balaban J connectivity index is 1.69. The number of hydrogen-bond acceptors (Lipinski definition) is 2. The molecule has 0 saturated carbocycles. The molecule has 0 radical (unpaired) electrons. The van der Waals surface area contributed by atoms with E-state index in [1.54, 1.807) is 0 Å². The normalized spacial score (nSPS) is 20.8. The molecular weight excluding hydrogens is 270 g/mol. The van der Waals surface area contributed by atoms with Crippen molar-refractivity contribution < 1.29 is 4.74 Å². The first-order valence-electron chi connectivity index (χ1n) is 9.85. The van der Waals surface area contributed by atoms with E-state index in [0.717, 1.165) is 13.0 Å². The SMILES string of the molecule is CCCCCCCC/C=C\CCCCCCCCC1(N)CO1. The summed E-state index contributed by atoms with van der Waals surface area (Å²) in [5.74, 6) is 0. The number of rotatable bonds is 16. The second-order valence-corrected chi connectivity index (χ2v) is 7.04. The largest absolute Gasteiger partial charge is 0.354 e. The lowest BCUT2D eigenvalue weighted by molar-refractivity contribution is 0.288. The van der Waals surface area contributed by atoms with Gasteiger partial charge in [-0.2, -0.15) is 0 Å². The molecule has 0 aromatic carbocycles. The summed E-state index contributed by atoms with van der Waals surface area (Å²) in [4.78, 5) is 0. The Morgan fingerprint density at radius 1 is 0.773 bits per heavy atom. The first-order valence-corrected chi connectivity index (χ1v) is 9.85. The van der Waals surface area contributed by atoms with Crippen LogP contribution in [0.25, 0.3) is 0 Å². The zero-order valence-corrected chi connectivity index (χ0v) is 15.0. The van der Waals surface area contributed by atoms with Gasteiger partial charge in [0.2, 0.25) is 0 Å². The molecule has 0 spiro atoms. The highest BCUT2D eigenvalue weighted by Gasteiger charge is 2.39. The van der Waals surface area contributed by atoms with E-state index in [1.807, 2.05) is 0 Å². The molecule has 1 atom stereocenters. The van der Waals surface area contributed by atoms with Crippen molar-refractivity contribution in [3.8, 4) is 0 Å². The fourth-order valence-electron chi connectivity index (χ4n) is 2.91. The fourth-order valence-corrected chi connectivity index (χ4v) is 2.91. The lowest BCUT2D eigenvalue weighted by atomic mass is 10.1. The maximum absolute atomic E-state index is 5.88. The number of unbranched alkanes of at least 4 members (excludes halogenated alkanes) is 12. The van der Waals surface area contributed by atoms with Gasteiger partial charge in [-0.25, -0.2) is 0 Å². The van der Waals surface area contributed by atoms with Gasteiger partial charge in [-0.05, 0) is 38.5 Å². The van der Waals surface area contributed by atoms with Crippen LogP contribution in [0.15, 0.2) is 12.2 Å². The van der Waals surface area contributed by atoms with Gasteiger partial charge in [-0.15, -0.1) is 0 Å². The summed E-state index contributed by atoms with van der Waals surface area (Å²) in [5, 5.41) is 0. The lowest BCUT2D eigenvalue weighted by Crippen LogP contribution is -2.23. The van der Waals surface area contributed by atoms with Gasteiger partial charge in [0, 0.05) is 0 Å². The van der Waals surface area contributed by atoms with Crippen molar-refractivity contribution in [1.29, 1.82) is 0 Å². The molecule has 1 heterocycles. The predicted molar refractivity (Wildman–Crippen MR) is 96.9 cm³/mol. The highest BCUT2D eigenvalue weighted by Crippen LogP contribution is 2.26. The molecule has 1 saturated heterocycles. The van der Waals surface area contributed by atoms with Crippen LogP contribution >= 0.6 is 0 Å². The van der Waals surface area contributed by atoms with Gasteiger partial charge in [0.05, 0.1) is 6.61 Å². The molecular formula is C20H39NO. The second kappa shape index (κ2) is 13.1. The lowest BCUT2D eigenvalue weighted by Gasteiger charge is -2.04. The van der Waals surface area contributed by atoms with E-state index in [9.17, 15) is 0 Å². The van der Waals surface area contributed by atoms with Gasteiger partial charge in [-0.1, -0.05) is 76.9 Å². The van der Waals surface area contributed by atoms with Crippen LogP contribution < -0.4 is 5.73 Å². The summed E-state index contributed by atoms with van der Waals surface area (Å²) in [6.07, 6.45) is 24.8. The summed E-state index contributed by atoms with van der Waals surface area (Å²) < 4.78 is 5.19. The van der Waals surface area contributed by atoms with E-state index >= 15 is 0 Å². The minimum atomic E-state index is -0.221. The molecule has 0 amide bonds. The predicted octanol–water partition coefficient (Wildman–Crippen LogP) is 6.10. The van der Waals surface area contributed by atoms with Crippen molar-refractivity contribution in [2.75, 3.05) is 6.61 Å². The van der Waals surface area contributed by atoms with Crippen molar-refractivity contribution in [3.05, 3.63) is 12.2 Å². The molecule has 1 rings (SSSR count). The minimum absolute atomic E-state index is 0.221. The summed E-state index contributed by atoms with van der Waals surface area (Å²) in [5.41, 5.74) is 5.66. The van der Waals surface area contributed by atoms with Gasteiger partial charge in [0.15, 0.2) is 0 Å². The number of hydrogen-bond donors (Lipinski definition) is 1. The van der Waals surface area contributed by atoms with Crippen LogP contribution in [0.3, 0.4) is 0 Å². The van der Waals surface area contributed by atoms with Crippen molar-refractivity contribution >= 4 is 0 Å². The van der Waals surface area contributed by atoms with Crippen LogP contribution in [0.5, 0.6) is 0 Å². The zero-order valence-electron chi connectivity index (χ0n) is 15.0. The molecule has 22 heavy (non-hydrogen) atoms. The van der Waals surface area contributed by atoms with E-state index < -0.39 is 0 Å². The molecule has 2 nitrogen and oxygen atoms in total. The van der Waals surface area contributed by atoms with Gasteiger partial charge in [-0.3, -0.25) is 0 Å². The second-order valence-electron chi connectivity index (χ2n) is 7.04. The Labute approximate surface area is 138 Å². The molecule has 1 aliphatic heterocycles. The highest BCUT2D eigenvalue weighted by atomic mass is 16.6. The summed E-state index contributed by atoms with van der Waals surface area (Å²) >= 11 is 0. The van der Waals surface area contributed by atoms with Crippen molar-refractivity contribution in [2.45, 2.75) is 109 Å². The highest BCUT2D eigenvalue weighted by molar-refractivity contribution is 4.84. The molecule has 0 aromatic rings. The van der Waals surface area contributed by atoms with Gasteiger partial charge >= 0.3 is 0 Å². The Kier molecular flexibility index (Phi) is 11.8. The molecule has 1 fully saturated rings. The molecule has 1 unspecified atom stereocenters. The molecule has 2 heteroatoms. The van der Waals surface area contributed by atoms with Crippen molar-refractivity contribution in [2.24, 2.45) is 5.73 Å². The summed E-state index contributed by atoms with van der Waals surface area (Å²) in [7, 11) is 0. The maximum Gasteiger partial charge on any atom is 0.140 e. The average molecular weight is 310 g/mol. The third kappa shape index (κ3) is 12.2. The topological polar surface area (TPSA) is 38.5 Å². The first kappa shape index (κ1) is 19.7. The number of epoxide rings is 1. The molecule has 0 aliphatic carbocycles. The van der Waals surface area contributed by atoms with E-state index in [0.29, 0.717) is 0 Å².